The molecule has 0 atom stereocenters. The maximum absolute atomic E-state index is 12.9. The van der Waals surface area contributed by atoms with E-state index in [0.29, 0.717) is 31.9 Å². The first-order chi connectivity index (χ1) is 12.1. The van der Waals surface area contributed by atoms with Gasteiger partial charge in [-0.25, -0.2) is 14.5 Å². The van der Waals surface area contributed by atoms with E-state index in [9.17, 15) is 9.59 Å². The Hall–Kier alpha value is -2.77. The van der Waals surface area contributed by atoms with E-state index in [4.69, 9.17) is 4.42 Å². The summed E-state index contributed by atoms with van der Waals surface area (Å²) in [5.74, 6) is 0.681. The average molecular weight is 343 g/mol. The van der Waals surface area contributed by atoms with E-state index in [-0.39, 0.29) is 12.1 Å². The van der Waals surface area contributed by atoms with Gasteiger partial charge in [-0.3, -0.25) is 4.68 Å². The highest BCUT2D eigenvalue weighted by molar-refractivity contribution is 5.94. The molecule has 0 bridgehead atoms. The minimum atomic E-state index is -0.347. The van der Waals surface area contributed by atoms with Crippen molar-refractivity contribution in [1.29, 1.82) is 0 Å². The number of furan rings is 1. The van der Waals surface area contributed by atoms with Gasteiger partial charge in [0.25, 0.3) is 0 Å². The minimum Gasteiger partial charge on any atom is -0.467 e. The number of nitrogens with one attached hydrogen (secondary N) is 1. The molecule has 8 heteroatoms. The molecule has 2 aromatic rings. The first-order valence-electron chi connectivity index (χ1n) is 8.54. The van der Waals surface area contributed by atoms with Crippen LogP contribution in [0.5, 0.6) is 0 Å². The summed E-state index contributed by atoms with van der Waals surface area (Å²) in [5, 5.41) is 7.27. The first-order valence-corrected chi connectivity index (χ1v) is 8.54. The SMILES string of the molecule is Cn1nc(CN(Cc2ccco2)C(=O)N2CCNC2=O)c2c1CCC2. The summed E-state index contributed by atoms with van der Waals surface area (Å²) in [4.78, 5) is 27.7. The maximum Gasteiger partial charge on any atom is 0.328 e. The Balaban J connectivity index is 1.60. The molecule has 2 aliphatic rings. The normalized spacial score (nSPS) is 16.2. The highest BCUT2D eigenvalue weighted by atomic mass is 16.3. The van der Waals surface area contributed by atoms with Gasteiger partial charge in [-0.15, -0.1) is 0 Å². The number of aryl methyl sites for hydroxylation is 1. The lowest BCUT2D eigenvalue weighted by Crippen LogP contribution is -2.44. The van der Waals surface area contributed by atoms with Crippen molar-refractivity contribution in [3.05, 3.63) is 41.1 Å². The molecular weight excluding hydrogens is 322 g/mol. The van der Waals surface area contributed by atoms with Crippen molar-refractivity contribution >= 4 is 12.1 Å². The molecule has 1 N–H and O–H groups in total. The number of rotatable bonds is 4. The van der Waals surface area contributed by atoms with Crippen molar-refractivity contribution in [1.82, 2.24) is 24.9 Å². The third-order valence-corrected chi connectivity index (χ3v) is 4.82. The predicted molar refractivity (Wildman–Crippen MR) is 88.7 cm³/mol. The summed E-state index contributed by atoms with van der Waals surface area (Å²) < 4.78 is 7.31. The van der Waals surface area contributed by atoms with Crippen molar-refractivity contribution < 1.29 is 14.0 Å². The molecule has 0 spiro atoms. The zero-order chi connectivity index (χ0) is 17.4. The second-order valence-corrected chi connectivity index (χ2v) is 6.45. The van der Waals surface area contributed by atoms with E-state index >= 15 is 0 Å². The topological polar surface area (TPSA) is 83.6 Å². The number of imide groups is 1. The molecule has 0 radical (unpaired) electrons. The van der Waals surface area contributed by atoms with Gasteiger partial charge in [-0.2, -0.15) is 5.10 Å². The van der Waals surface area contributed by atoms with Crippen molar-refractivity contribution in [3.8, 4) is 0 Å². The monoisotopic (exact) mass is 343 g/mol. The molecule has 8 nitrogen and oxygen atoms in total. The lowest BCUT2D eigenvalue weighted by Gasteiger charge is -2.25. The summed E-state index contributed by atoms with van der Waals surface area (Å²) in [6, 6.07) is 2.95. The fourth-order valence-electron chi connectivity index (χ4n) is 3.61. The van der Waals surface area contributed by atoms with Crippen LogP contribution >= 0.6 is 0 Å². The van der Waals surface area contributed by atoms with Crippen LogP contribution in [0, 0.1) is 0 Å². The number of carbonyl (C=O) groups excluding carboxylic acids is 2. The van der Waals surface area contributed by atoms with E-state index in [1.165, 1.54) is 16.2 Å². The van der Waals surface area contributed by atoms with Crippen LogP contribution in [0.4, 0.5) is 9.59 Å². The van der Waals surface area contributed by atoms with Gasteiger partial charge in [0.05, 0.1) is 25.0 Å². The zero-order valence-electron chi connectivity index (χ0n) is 14.2. The Kier molecular flexibility index (Phi) is 3.95. The lowest BCUT2D eigenvalue weighted by atomic mass is 10.2. The van der Waals surface area contributed by atoms with E-state index in [2.05, 4.69) is 10.4 Å². The molecule has 1 saturated heterocycles. The molecule has 0 unspecified atom stereocenters. The summed E-state index contributed by atoms with van der Waals surface area (Å²) in [6.07, 6.45) is 4.72. The second-order valence-electron chi connectivity index (χ2n) is 6.45. The smallest absolute Gasteiger partial charge is 0.328 e. The van der Waals surface area contributed by atoms with Crippen LogP contribution in [0.25, 0.3) is 0 Å². The number of carbonyl (C=O) groups is 2. The van der Waals surface area contributed by atoms with Gasteiger partial charge in [-0.1, -0.05) is 0 Å². The van der Waals surface area contributed by atoms with Crippen LogP contribution in [0.15, 0.2) is 22.8 Å². The van der Waals surface area contributed by atoms with Gasteiger partial charge in [-0.05, 0) is 37.0 Å². The Bertz CT molecular complexity index is 796. The van der Waals surface area contributed by atoms with Crippen LogP contribution in [0.3, 0.4) is 0 Å². The summed E-state index contributed by atoms with van der Waals surface area (Å²) >= 11 is 0. The van der Waals surface area contributed by atoms with Gasteiger partial charge in [0, 0.05) is 25.8 Å². The van der Waals surface area contributed by atoms with Gasteiger partial charge in [0.2, 0.25) is 0 Å². The van der Waals surface area contributed by atoms with E-state index in [0.717, 1.165) is 25.0 Å². The predicted octanol–water partition coefficient (Wildman–Crippen LogP) is 1.65. The molecule has 2 aromatic heterocycles. The molecular formula is C17H21N5O3. The maximum atomic E-state index is 12.9. The molecule has 4 amide bonds. The van der Waals surface area contributed by atoms with Crippen molar-refractivity contribution in [2.45, 2.75) is 32.4 Å². The number of fused-ring (bicyclic) bond motifs is 1. The van der Waals surface area contributed by atoms with Gasteiger partial charge < -0.3 is 14.6 Å². The van der Waals surface area contributed by atoms with Gasteiger partial charge in [0.1, 0.15) is 5.76 Å². The average Bonchev–Trinajstić information content (AvgIpc) is 3.35. The van der Waals surface area contributed by atoms with Gasteiger partial charge in [0.15, 0.2) is 0 Å². The third-order valence-electron chi connectivity index (χ3n) is 4.82. The first kappa shape index (κ1) is 15.7. The van der Waals surface area contributed by atoms with Crippen LogP contribution < -0.4 is 5.32 Å². The molecule has 0 saturated carbocycles. The summed E-state index contributed by atoms with van der Waals surface area (Å²) in [6.45, 7) is 1.54. The molecule has 3 heterocycles. The fourth-order valence-corrected chi connectivity index (χ4v) is 3.61. The van der Waals surface area contributed by atoms with Crippen LogP contribution in [0.2, 0.25) is 0 Å². The molecule has 132 valence electrons. The van der Waals surface area contributed by atoms with Crippen LogP contribution in [-0.4, -0.2) is 44.7 Å². The molecule has 1 fully saturated rings. The number of nitrogens with zero attached hydrogens (tertiary/aromatic N) is 4. The molecule has 25 heavy (non-hydrogen) atoms. The van der Waals surface area contributed by atoms with Gasteiger partial charge >= 0.3 is 12.1 Å². The van der Waals surface area contributed by atoms with Crippen molar-refractivity contribution in [2.24, 2.45) is 7.05 Å². The Morgan fingerprint density at radius 3 is 3.00 bits per heavy atom. The zero-order valence-corrected chi connectivity index (χ0v) is 14.2. The molecule has 4 rings (SSSR count). The van der Waals surface area contributed by atoms with E-state index in [1.807, 2.05) is 17.8 Å². The van der Waals surface area contributed by atoms with Crippen LogP contribution in [-0.2, 0) is 33.0 Å². The summed E-state index contributed by atoms with van der Waals surface area (Å²) in [5.41, 5.74) is 3.40. The van der Waals surface area contributed by atoms with E-state index < -0.39 is 0 Å². The number of urea groups is 2. The fraction of sp³-hybridized carbons (Fsp3) is 0.471. The molecule has 1 aliphatic carbocycles. The number of amides is 4. The Morgan fingerprint density at radius 2 is 2.28 bits per heavy atom. The summed E-state index contributed by atoms with van der Waals surface area (Å²) in [7, 11) is 1.94. The third kappa shape index (κ3) is 2.88. The molecule has 0 aromatic carbocycles. The second kappa shape index (κ2) is 6.27. The standard InChI is InChI=1S/C17H21N5O3/c1-20-15-6-2-5-13(15)14(19-20)11-21(10-12-4-3-9-25-12)17(24)22-8-7-18-16(22)23/h3-4,9H,2,5-8,10-11H2,1H3,(H,18,23). The van der Waals surface area contributed by atoms with Crippen LogP contribution in [0.1, 0.15) is 29.1 Å². The van der Waals surface area contributed by atoms with E-state index in [1.54, 1.807) is 17.2 Å². The largest absolute Gasteiger partial charge is 0.467 e. The molecule has 1 aliphatic heterocycles. The number of aromatic nitrogens is 2. The quantitative estimate of drug-likeness (QED) is 0.915. The number of hydrogen-bond acceptors (Lipinski definition) is 4. The minimum absolute atomic E-state index is 0.307. The lowest BCUT2D eigenvalue weighted by molar-refractivity contribution is 0.154. The Labute approximate surface area is 145 Å². The van der Waals surface area contributed by atoms with Crippen molar-refractivity contribution in [2.75, 3.05) is 13.1 Å². The Morgan fingerprint density at radius 1 is 1.40 bits per heavy atom. The van der Waals surface area contributed by atoms with Crippen molar-refractivity contribution in [3.63, 3.8) is 0 Å². The highest BCUT2D eigenvalue weighted by Crippen LogP contribution is 2.26. The number of hydrogen-bond donors (Lipinski definition) is 1. The highest BCUT2D eigenvalue weighted by Gasteiger charge is 2.32.